The number of carbonyl (C=O) groups is 1. The van der Waals surface area contributed by atoms with Crippen molar-refractivity contribution in [3.8, 4) is 0 Å². The van der Waals surface area contributed by atoms with Gasteiger partial charge in [-0.25, -0.2) is 13.1 Å². The molecule has 8 heteroatoms. The summed E-state index contributed by atoms with van der Waals surface area (Å²) in [7, 11) is -3.87. The number of thiophene rings is 1. The van der Waals surface area contributed by atoms with Crippen molar-refractivity contribution in [1.29, 1.82) is 0 Å². The van der Waals surface area contributed by atoms with E-state index in [4.69, 9.17) is 0 Å². The van der Waals surface area contributed by atoms with Crippen molar-refractivity contribution in [2.45, 2.75) is 45.6 Å². The van der Waals surface area contributed by atoms with Crippen LogP contribution >= 0.6 is 11.3 Å². The minimum atomic E-state index is -3.87. The predicted molar refractivity (Wildman–Crippen MR) is 85.8 cm³/mol. The van der Waals surface area contributed by atoms with E-state index in [9.17, 15) is 13.2 Å². The number of nitrogens with zero attached hydrogens (tertiary/aromatic N) is 2. The first-order valence-electron chi connectivity index (χ1n) is 6.81. The van der Waals surface area contributed by atoms with Gasteiger partial charge in [0.15, 0.2) is 0 Å². The average Bonchev–Trinajstić information content (AvgIpc) is 2.92. The van der Waals surface area contributed by atoms with E-state index in [0.717, 1.165) is 4.88 Å². The highest BCUT2D eigenvalue weighted by molar-refractivity contribution is 7.90. The van der Waals surface area contributed by atoms with Gasteiger partial charge in [-0.3, -0.25) is 9.48 Å². The van der Waals surface area contributed by atoms with Crippen molar-refractivity contribution in [2.75, 3.05) is 0 Å². The van der Waals surface area contributed by atoms with Crippen LogP contribution in [0.3, 0.4) is 0 Å². The molecule has 0 aliphatic rings. The molecular weight excluding hydrogens is 322 g/mol. The van der Waals surface area contributed by atoms with Gasteiger partial charge in [-0.15, -0.1) is 11.3 Å². The molecule has 1 amide bonds. The molecule has 0 fully saturated rings. The van der Waals surface area contributed by atoms with Crippen molar-refractivity contribution >= 4 is 27.3 Å². The third-order valence-electron chi connectivity index (χ3n) is 3.29. The molecule has 0 bridgehead atoms. The summed E-state index contributed by atoms with van der Waals surface area (Å²) < 4.78 is 28.5. The Bertz CT molecular complexity index is 817. The Hall–Kier alpha value is -1.67. The second-order valence-electron chi connectivity index (χ2n) is 5.39. The van der Waals surface area contributed by atoms with Crippen LogP contribution in [-0.2, 0) is 10.0 Å². The van der Waals surface area contributed by atoms with Crippen molar-refractivity contribution in [3.63, 3.8) is 0 Å². The summed E-state index contributed by atoms with van der Waals surface area (Å²) in [6.45, 7) is 9.18. The Kier molecular flexibility index (Phi) is 4.44. The van der Waals surface area contributed by atoms with E-state index in [1.165, 1.54) is 17.5 Å². The van der Waals surface area contributed by atoms with E-state index < -0.39 is 15.9 Å². The fourth-order valence-electron chi connectivity index (χ4n) is 2.27. The van der Waals surface area contributed by atoms with Gasteiger partial charge in [0.2, 0.25) is 0 Å². The molecule has 0 aromatic carbocycles. The molecule has 0 saturated carbocycles. The lowest BCUT2D eigenvalue weighted by Crippen LogP contribution is -2.31. The predicted octanol–water partition coefficient (Wildman–Crippen LogP) is 2.57. The van der Waals surface area contributed by atoms with Gasteiger partial charge < -0.3 is 0 Å². The molecule has 2 aromatic heterocycles. The Morgan fingerprint density at radius 1 is 1.32 bits per heavy atom. The number of hydrogen-bond acceptors (Lipinski definition) is 5. The van der Waals surface area contributed by atoms with E-state index in [0.29, 0.717) is 10.6 Å². The summed E-state index contributed by atoms with van der Waals surface area (Å²) in [6.07, 6.45) is 1.39. The van der Waals surface area contributed by atoms with Crippen LogP contribution in [-0.4, -0.2) is 24.1 Å². The molecule has 2 aromatic rings. The molecule has 22 heavy (non-hydrogen) atoms. The first-order chi connectivity index (χ1) is 10.1. The Labute approximate surface area is 134 Å². The summed E-state index contributed by atoms with van der Waals surface area (Å²) >= 11 is 1.38. The van der Waals surface area contributed by atoms with E-state index in [1.807, 2.05) is 20.8 Å². The molecule has 0 atom stereocenters. The highest BCUT2D eigenvalue weighted by Crippen LogP contribution is 2.25. The van der Waals surface area contributed by atoms with Crippen molar-refractivity contribution in [1.82, 2.24) is 14.5 Å². The molecule has 0 radical (unpaired) electrons. The smallest absolute Gasteiger partial charge is 0.268 e. The van der Waals surface area contributed by atoms with Crippen LogP contribution in [0.2, 0.25) is 0 Å². The van der Waals surface area contributed by atoms with Crippen LogP contribution in [0.25, 0.3) is 0 Å². The van der Waals surface area contributed by atoms with Gasteiger partial charge >= 0.3 is 0 Å². The van der Waals surface area contributed by atoms with Gasteiger partial charge in [0.25, 0.3) is 15.9 Å². The van der Waals surface area contributed by atoms with Crippen LogP contribution in [0.1, 0.15) is 45.7 Å². The molecule has 0 saturated heterocycles. The highest BCUT2D eigenvalue weighted by Gasteiger charge is 2.24. The summed E-state index contributed by atoms with van der Waals surface area (Å²) in [5.74, 6) is -0.660. The third kappa shape index (κ3) is 3.07. The van der Waals surface area contributed by atoms with E-state index >= 15 is 0 Å². The van der Waals surface area contributed by atoms with Gasteiger partial charge in [0, 0.05) is 21.5 Å². The Morgan fingerprint density at radius 3 is 2.41 bits per heavy atom. The second kappa shape index (κ2) is 5.85. The summed E-state index contributed by atoms with van der Waals surface area (Å²) in [5.41, 5.74) is 0.905. The van der Waals surface area contributed by atoms with E-state index in [2.05, 4.69) is 9.82 Å². The zero-order valence-corrected chi connectivity index (χ0v) is 14.8. The molecule has 120 valence electrons. The number of sulfonamides is 1. The van der Waals surface area contributed by atoms with Gasteiger partial charge in [-0.05, 0) is 40.7 Å². The minimum absolute atomic E-state index is 0.0972. The van der Waals surface area contributed by atoms with E-state index in [-0.39, 0.29) is 16.5 Å². The number of rotatable bonds is 4. The lowest BCUT2D eigenvalue weighted by atomic mass is 10.2. The fraction of sp³-hybridized carbons (Fsp3) is 0.429. The molecule has 0 aliphatic carbocycles. The van der Waals surface area contributed by atoms with Crippen molar-refractivity contribution in [3.05, 3.63) is 33.3 Å². The number of aromatic nitrogens is 2. The molecule has 0 spiro atoms. The van der Waals surface area contributed by atoms with Crippen LogP contribution in [0, 0.1) is 20.8 Å². The SMILES string of the molecule is Cc1cc(S(=O)(=O)NC(=O)c2cnn(C(C)C)c2C)c(C)s1. The molecule has 0 aliphatic heterocycles. The zero-order valence-electron chi connectivity index (χ0n) is 13.2. The lowest BCUT2D eigenvalue weighted by Gasteiger charge is -2.09. The number of aryl methyl sites for hydroxylation is 2. The normalized spacial score (nSPS) is 11.9. The van der Waals surface area contributed by atoms with Gasteiger partial charge in [-0.2, -0.15) is 5.10 Å². The number of nitrogens with one attached hydrogen (secondary N) is 1. The van der Waals surface area contributed by atoms with E-state index in [1.54, 1.807) is 24.6 Å². The maximum Gasteiger partial charge on any atom is 0.268 e. The fourth-order valence-corrected chi connectivity index (χ4v) is 4.80. The molecule has 6 nitrogen and oxygen atoms in total. The van der Waals surface area contributed by atoms with Crippen molar-refractivity contribution < 1.29 is 13.2 Å². The largest absolute Gasteiger partial charge is 0.268 e. The van der Waals surface area contributed by atoms with Gasteiger partial charge in [0.1, 0.15) is 4.90 Å². The number of carbonyl (C=O) groups excluding carboxylic acids is 1. The highest BCUT2D eigenvalue weighted by atomic mass is 32.2. The maximum atomic E-state index is 12.3. The lowest BCUT2D eigenvalue weighted by molar-refractivity contribution is 0.0980. The molecular formula is C14H19N3O3S2. The first-order valence-corrected chi connectivity index (χ1v) is 9.11. The number of amides is 1. The topological polar surface area (TPSA) is 81.1 Å². The maximum absolute atomic E-state index is 12.3. The Morgan fingerprint density at radius 2 is 1.95 bits per heavy atom. The number of hydrogen-bond donors (Lipinski definition) is 1. The molecule has 2 heterocycles. The van der Waals surface area contributed by atoms with Crippen molar-refractivity contribution in [2.24, 2.45) is 0 Å². The van der Waals surface area contributed by atoms with Crippen LogP contribution < -0.4 is 4.72 Å². The van der Waals surface area contributed by atoms with Crippen LogP contribution in [0.5, 0.6) is 0 Å². The summed E-state index contributed by atoms with van der Waals surface area (Å²) in [4.78, 5) is 14.0. The Balaban J connectivity index is 2.31. The average molecular weight is 341 g/mol. The first kappa shape index (κ1) is 16.7. The monoisotopic (exact) mass is 341 g/mol. The molecule has 2 rings (SSSR count). The third-order valence-corrected chi connectivity index (χ3v) is 5.84. The van der Waals surface area contributed by atoms with Crippen LogP contribution in [0.4, 0.5) is 0 Å². The van der Waals surface area contributed by atoms with Crippen LogP contribution in [0.15, 0.2) is 17.2 Å². The minimum Gasteiger partial charge on any atom is -0.268 e. The second-order valence-corrected chi connectivity index (χ2v) is 8.51. The van der Waals surface area contributed by atoms with Gasteiger partial charge in [-0.1, -0.05) is 0 Å². The summed E-state index contributed by atoms with van der Waals surface area (Å²) in [6, 6.07) is 1.67. The van der Waals surface area contributed by atoms with Gasteiger partial charge in [0.05, 0.1) is 11.8 Å². The molecule has 1 N–H and O–H groups in total. The summed E-state index contributed by atoms with van der Waals surface area (Å²) in [5, 5.41) is 4.12. The standard InChI is InChI=1S/C14H19N3O3S2/c1-8(2)17-10(4)12(7-15-17)14(18)16-22(19,20)13-6-9(3)21-11(13)5/h6-8H,1-5H3,(H,16,18). The zero-order chi connectivity index (χ0) is 16.7. The quantitative estimate of drug-likeness (QED) is 0.927. The molecule has 0 unspecified atom stereocenters.